The molecule has 27 heavy (non-hydrogen) atoms. The topological polar surface area (TPSA) is 63.9 Å². The second kappa shape index (κ2) is 9.34. The van der Waals surface area contributed by atoms with E-state index in [2.05, 4.69) is 20.4 Å². The lowest BCUT2D eigenvalue weighted by Crippen LogP contribution is -2.30. The summed E-state index contributed by atoms with van der Waals surface area (Å²) in [5.41, 5.74) is 2.49. The number of aryl methyl sites for hydroxylation is 1. The van der Waals surface area contributed by atoms with Crippen molar-refractivity contribution < 1.29 is 4.79 Å². The molecule has 3 heterocycles. The Kier molecular flexibility index (Phi) is 6.87. The van der Waals surface area contributed by atoms with E-state index in [-0.39, 0.29) is 5.91 Å². The average molecular weight is 422 g/mol. The highest BCUT2D eigenvalue weighted by atomic mass is 35.5. The van der Waals surface area contributed by atoms with Gasteiger partial charge >= 0.3 is 0 Å². The molecule has 0 unspecified atom stereocenters. The van der Waals surface area contributed by atoms with Crippen molar-refractivity contribution in [3.8, 4) is 5.69 Å². The molecule has 3 aromatic heterocycles. The van der Waals surface area contributed by atoms with Crippen LogP contribution in [0.2, 0.25) is 5.15 Å². The van der Waals surface area contributed by atoms with Crippen molar-refractivity contribution in [2.24, 2.45) is 0 Å². The van der Waals surface area contributed by atoms with Gasteiger partial charge in [0.25, 0.3) is 0 Å². The molecule has 0 spiro atoms. The summed E-state index contributed by atoms with van der Waals surface area (Å²) in [5, 5.41) is 7.74. The van der Waals surface area contributed by atoms with E-state index in [1.165, 1.54) is 0 Å². The quantitative estimate of drug-likeness (QED) is 0.505. The Bertz CT molecular complexity index is 896. The van der Waals surface area contributed by atoms with Crippen LogP contribution in [0.3, 0.4) is 0 Å². The number of thioether (sulfide) groups is 1. The smallest absolute Gasteiger partial charge is 0.227 e. The Morgan fingerprint density at radius 3 is 2.96 bits per heavy atom. The normalized spacial score (nSPS) is 10.9. The SMILES string of the molecule is CCN(C(=O)CCSCc1csc(C)n1)c1cn(-c2cccnc2)nc1Cl. The molecule has 0 saturated carbocycles. The fourth-order valence-corrected chi connectivity index (χ4v) is 4.34. The van der Waals surface area contributed by atoms with Crippen LogP contribution >= 0.6 is 34.7 Å². The van der Waals surface area contributed by atoms with Crippen LogP contribution in [0.15, 0.2) is 36.1 Å². The molecule has 1 amide bonds. The number of carbonyl (C=O) groups excluding carboxylic acids is 1. The third-order valence-corrected chi connectivity index (χ3v) is 5.93. The minimum absolute atomic E-state index is 0.0343. The first kappa shape index (κ1) is 19.9. The minimum Gasteiger partial charge on any atom is -0.308 e. The zero-order valence-corrected chi connectivity index (χ0v) is 17.5. The van der Waals surface area contributed by atoms with Crippen molar-refractivity contribution in [3.63, 3.8) is 0 Å². The van der Waals surface area contributed by atoms with Crippen molar-refractivity contribution >= 4 is 46.3 Å². The third-order valence-electron chi connectivity index (χ3n) is 3.85. The molecular formula is C18H20ClN5OS2. The van der Waals surface area contributed by atoms with Gasteiger partial charge in [-0.05, 0) is 26.0 Å². The van der Waals surface area contributed by atoms with Crippen LogP contribution in [0, 0.1) is 6.92 Å². The van der Waals surface area contributed by atoms with Gasteiger partial charge < -0.3 is 4.90 Å². The van der Waals surface area contributed by atoms with E-state index >= 15 is 0 Å². The first-order valence-electron chi connectivity index (χ1n) is 8.53. The first-order chi connectivity index (χ1) is 13.1. The standard InChI is InChI=1S/C18H20ClN5OS2/c1-3-23(17(25)6-8-26-11-14-12-27-13(2)21-14)16-10-24(22-18(16)19)15-5-4-7-20-9-15/h4-5,7,9-10,12H,3,6,8,11H2,1-2H3. The summed E-state index contributed by atoms with van der Waals surface area (Å²) >= 11 is 9.66. The number of aromatic nitrogens is 4. The van der Waals surface area contributed by atoms with Gasteiger partial charge in [-0.2, -0.15) is 16.9 Å². The van der Waals surface area contributed by atoms with Crippen LogP contribution in [0.1, 0.15) is 24.0 Å². The summed E-state index contributed by atoms with van der Waals surface area (Å²) in [7, 11) is 0. The van der Waals surface area contributed by atoms with E-state index in [0.717, 1.165) is 27.9 Å². The van der Waals surface area contributed by atoms with Crippen LogP contribution in [-0.4, -0.2) is 38.0 Å². The Morgan fingerprint density at radius 2 is 2.30 bits per heavy atom. The van der Waals surface area contributed by atoms with E-state index in [1.54, 1.807) is 51.3 Å². The lowest BCUT2D eigenvalue weighted by molar-refractivity contribution is -0.118. The summed E-state index contributed by atoms with van der Waals surface area (Å²) in [4.78, 5) is 22.9. The predicted octanol–water partition coefficient (Wildman–Crippen LogP) is 4.36. The minimum atomic E-state index is 0.0343. The molecule has 0 fully saturated rings. The molecule has 3 aromatic rings. The highest BCUT2D eigenvalue weighted by molar-refractivity contribution is 7.98. The largest absolute Gasteiger partial charge is 0.308 e. The van der Waals surface area contributed by atoms with E-state index in [1.807, 2.05) is 26.0 Å². The van der Waals surface area contributed by atoms with Gasteiger partial charge in [0.2, 0.25) is 5.91 Å². The van der Waals surface area contributed by atoms with Gasteiger partial charge in [0, 0.05) is 36.0 Å². The van der Waals surface area contributed by atoms with Crippen LogP contribution in [0.25, 0.3) is 5.69 Å². The van der Waals surface area contributed by atoms with Gasteiger partial charge in [-0.3, -0.25) is 9.78 Å². The van der Waals surface area contributed by atoms with Gasteiger partial charge in [-0.25, -0.2) is 9.67 Å². The Balaban J connectivity index is 1.60. The van der Waals surface area contributed by atoms with Crippen LogP contribution in [0.4, 0.5) is 5.69 Å². The molecule has 3 rings (SSSR count). The lowest BCUT2D eigenvalue weighted by Gasteiger charge is -2.19. The summed E-state index contributed by atoms with van der Waals surface area (Å²) in [5.74, 6) is 1.59. The third kappa shape index (κ3) is 5.09. The Hall–Kier alpha value is -1.90. The Morgan fingerprint density at radius 1 is 1.44 bits per heavy atom. The molecule has 0 radical (unpaired) electrons. The fourth-order valence-electron chi connectivity index (χ4n) is 2.57. The fraction of sp³-hybridized carbons (Fsp3) is 0.333. The van der Waals surface area contributed by atoms with Gasteiger partial charge in [0.15, 0.2) is 5.15 Å². The molecule has 6 nitrogen and oxygen atoms in total. The lowest BCUT2D eigenvalue weighted by atomic mass is 10.3. The molecule has 0 N–H and O–H groups in total. The van der Waals surface area contributed by atoms with Crippen LogP contribution < -0.4 is 4.90 Å². The van der Waals surface area contributed by atoms with Gasteiger partial charge in [0.1, 0.15) is 5.69 Å². The van der Waals surface area contributed by atoms with Gasteiger partial charge in [0.05, 0.1) is 28.8 Å². The number of anilines is 1. The molecule has 142 valence electrons. The van der Waals surface area contributed by atoms with Gasteiger partial charge in [-0.15, -0.1) is 11.3 Å². The van der Waals surface area contributed by atoms with Gasteiger partial charge in [-0.1, -0.05) is 11.6 Å². The number of carbonyl (C=O) groups is 1. The number of rotatable bonds is 8. The molecule has 0 atom stereocenters. The number of nitrogens with zero attached hydrogens (tertiary/aromatic N) is 5. The van der Waals surface area contributed by atoms with E-state index in [9.17, 15) is 4.79 Å². The maximum absolute atomic E-state index is 12.7. The highest BCUT2D eigenvalue weighted by Crippen LogP contribution is 2.27. The molecule has 0 aliphatic rings. The number of hydrogen-bond acceptors (Lipinski definition) is 6. The predicted molar refractivity (Wildman–Crippen MR) is 112 cm³/mol. The number of thiazole rings is 1. The molecule has 0 aliphatic carbocycles. The maximum Gasteiger partial charge on any atom is 0.227 e. The van der Waals surface area contributed by atoms with E-state index < -0.39 is 0 Å². The van der Waals surface area contributed by atoms with Crippen molar-refractivity contribution in [2.75, 3.05) is 17.2 Å². The summed E-state index contributed by atoms with van der Waals surface area (Å²) < 4.78 is 1.64. The summed E-state index contributed by atoms with van der Waals surface area (Å²) in [6.07, 6.45) is 5.60. The first-order valence-corrected chi connectivity index (χ1v) is 10.9. The molecule has 0 aliphatic heterocycles. The molecule has 0 bridgehead atoms. The second-order valence-electron chi connectivity index (χ2n) is 5.76. The molecule has 0 aromatic carbocycles. The Labute approximate surface area is 171 Å². The number of pyridine rings is 1. The maximum atomic E-state index is 12.7. The molecule has 9 heteroatoms. The second-order valence-corrected chi connectivity index (χ2v) is 8.28. The van der Waals surface area contributed by atoms with Crippen molar-refractivity contribution in [3.05, 3.63) is 52.0 Å². The summed E-state index contributed by atoms with van der Waals surface area (Å²) in [6.45, 7) is 4.46. The van der Waals surface area contributed by atoms with Crippen LogP contribution in [0.5, 0.6) is 0 Å². The zero-order valence-electron chi connectivity index (χ0n) is 15.1. The van der Waals surface area contributed by atoms with E-state index in [4.69, 9.17) is 11.6 Å². The highest BCUT2D eigenvalue weighted by Gasteiger charge is 2.20. The number of amides is 1. The number of halogens is 1. The zero-order chi connectivity index (χ0) is 19.2. The molecule has 0 saturated heterocycles. The average Bonchev–Trinajstić information content (AvgIpc) is 3.26. The number of hydrogen-bond donors (Lipinski definition) is 0. The van der Waals surface area contributed by atoms with Crippen molar-refractivity contribution in [2.45, 2.75) is 26.0 Å². The molecular weight excluding hydrogens is 402 g/mol. The monoisotopic (exact) mass is 421 g/mol. The summed E-state index contributed by atoms with van der Waals surface area (Å²) in [6, 6.07) is 3.71. The van der Waals surface area contributed by atoms with E-state index in [0.29, 0.717) is 23.8 Å². The van der Waals surface area contributed by atoms with Crippen molar-refractivity contribution in [1.29, 1.82) is 0 Å². The van der Waals surface area contributed by atoms with Crippen LogP contribution in [-0.2, 0) is 10.5 Å². The van der Waals surface area contributed by atoms with Crippen molar-refractivity contribution in [1.82, 2.24) is 19.7 Å².